The summed E-state index contributed by atoms with van der Waals surface area (Å²) in [4.78, 5) is 24.2. The molecule has 1 saturated carbocycles. The summed E-state index contributed by atoms with van der Waals surface area (Å²) in [6, 6.07) is 0.366. The number of hydrogen-bond donors (Lipinski definition) is 1. The van der Waals surface area contributed by atoms with Gasteiger partial charge in [0.1, 0.15) is 0 Å². The first-order chi connectivity index (χ1) is 11.6. The van der Waals surface area contributed by atoms with E-state index in [-0.39, 0.29) is 11.8 Å². The zero-order valence-electron chi connectivity index (χ0n) is 14.2. The van der Waals surface area contributed by atoms with Crippen LogP contribution in [-0.2, 0) is 24.9 Å². The quantitative estimate of drug-likeness (QED) is 0.920. The van der Waals surface area contributed by atoms with Crippen LogP contribution in [0.2, 0.25) is 0 Å². The second-order valence-corrected chi connectivity index (χ2v) is 7.97. The lowest BCUT2D eigenvalue weighted by Gasteiger charge is -2.34. The van der Waals surface area contributed by atoms with Gasteiger partial charge >= 0.3 is 0 Å². The van der Waals surface area contributed by atoms with Gasteiger partial charge < -0.3 is 9.88 Å². The predicted octanol–water partition coefficient (Wildman–Crippen LogP) is 1.95. The fraction of sp³-hybridized carbons (Fsp3) is 0.588. The molecule has 1 aliphatic carbocycles. The van der Waals surface area contributed by atoms with Crippen LogP contribution >= 0.6 is 11.3 Å². The molecule has 128 valence electrons. The Labute approximate surface area is 145 Å². The van der Waals surface area contributed by atoms with E-state index in [9.17, 15) is 4.79 Å². The lowest BCUT2D eigenvalue weighted by atomic mass is 9.91. The Balaban J connectivity index is 1.54. The average molecular weight is 345 g/mol. The summed E-state index contributed by atoms with van der Waals surface area (Å²) in [5, 5.41) is 6.40. The van der Waals surface area contributed by atoms with Crippen LogP contribution in [-0.4, -0.2) is 37.9 Å². The highest BCUT2D eigenvalue weighted by molar-refractivity contribution is 7.09. The average Bonchev–Trinajstić information content (AvgIpc) is 3.08. The SMILES string of the molecule is Cc1nc(CN2Cc3ncn(C)c3C(C(=O)NC3CCC3)C2)cs1. The van der Waals surface area contributed by atoms with Crippen molar-refractivity contribution in [1.82, 2.24) is 24.8 Å². The maximum absolute atomic E-state index is 12.8. The van der Waals surface area contributed by atoms with Gasteiger partial charge in [-0.3, -0.25) is 9.69 Å². The third kappa shape index (κ3) is 2.98. The summed E-state index contributed by atoms with van der Waals surface area (Å²) < 4.78 is 2.00. The number of aromatic nitrogens is 3. The molecule has 1 amide bonds. The predicted molar refractivity (Wildman–Crippen MR) is 92.7 cm³/mol. The van der Waals surface area contributed by atoms with Crippen molar-refractivity contribution in [3.63, 3.8) is 0 Å². The Kier molecular flexibility index (Phi) is 4.14. The minimum atomic E-state index is -0.151. The van der Waals surface area contributed by atoms with Gasteiger partial charge in [-0.15, -0.1) is 11.3 Å². The summed E-state index contributed by atoms with van der Waals surface area (Å²) in [5.74, 6) is -0.00899. The number of carbonyl (C=O) groups is 1. The number of amides is 1. The van der Waals surface area contributed by atoms with Crippen LogP contribution in [0.15, 0.2) is 11.7 Å². The number of rotatable bonds is 4. The molecule has 2 aliphatic rings. The lowest BCUT2D eigenvalue weighted by Crippen LogP contribution is -2.46. The molecule has 6 nitrogen and oxygen atoms in total. The molecular formula is C17H23N5OS. The molecule has 0 aromatic carbocycles. The highest BCUT2D eigenvalue weighted by Crippen LogP contribution is 2.29. The molecule has 2 aromatic rings. The van der Waals surface area contributed by atoms with E-state index in [1.807, 2.05) is 24.9 Å². The summed E-state index contributed by atoms with van der Waals surface area (Å²) in [6.45, 7) is 4.30. The molecule has 1 aliphatic heterocycles. The third-order valence-corrected chi connectivity index (χ3v) is 5.85. The van der Waals surface area contributed by atoms with Crippen LogP contribution in [0.3, 0.4) is 0 Å². The summed E-state index contributed by atoms with van der Waals surface area (Å²) in [7, 11) is 1.98. The first-order valence-corrected chi connectivity index (χ1v) is 9.42. The van der Waals surface area contributed by atoms with E-state index in [1.165, 1.54) is 6.42 Å². The molecule has 0 radical (unpaired) electrons. The molecule has 1 atom stereocenters. The molecule has 1 fully saturated rings. The van der Waals surface area contributed by atoms with Crippen molar-refractivity contribution >= 4 is 17.2 Å². The number of nitrogens with one attached hydrogen (secondary N) is 1. The Morgan fingerprint density at radius 1 is 1.46 bits per heavy atom. The van der Waals surface area contributed by atoms with E-state index in [0.29, 0.717) is 6.04 Å². The standard InChI is InChI=1S/C17H23N5OS/c1-11-19-13(9-24-11)6-22-7-14(17(23)20-12-4-3-5-12)16-15(8-22)18-10-21(16)2/h9-10,12,14H,3-8H2,1-2H3,(H,20,23). The monoisotopic (exact) mass is 345 g/mol. The Hall–Kier alpha value is -1.73. The number of fused-ring (bicyclic) bond motifs is 1. The van der Waals surface area contributed by atoms with Crippen LogP contribution in [0.25, 0.3) is 0 Å². The van der Waals surface area contributed by atoms with Crippen LogP contribution in [0.1, 0.15) is 47.3 Å². The fourth-order valence-corrected chi connectivity index (χ4v) is 4.17. The molecule has 4 rings (SSSR count). The van der Waals surface area contributed by atoms with Crippen LogP contribution in [0, 0.1) is 6.92 Å². The van der Waals surface area contributed by atoms with Crippen molar-refractivity contribution in [3.8, 4) is 0 Å². The number of aryl methyl sites for hydroxylation is 2. The normalized spacial score (nSPS) is 21.3. The zero-order valence-corrected chi connectivity index (χ0v) is 15.0. The maximum Gasteiger partial charge on any atom is 0.230 e. The molecule has 1 N–H and O–H groups in total. The number of carbonyl (C=O) groups excluding carboxylic acids is 1. The summed E-state index contributed by atoms with van der Waals surface area (Å²) in [6.07, 6.45) is 5.27. The number of thiazole rings is 1. The molecule has 0 bridgehead atoms. The van der Waals surface area contributed by atoms with E-state index in [0.717, 1.165) is 54.6 Å². The van der Waals surface area contributed by atoms with Gasteiger partial charge in [-0.25, -0.2) is 9.97 Å². The van der Waals surface area contributed by atoms with E-state index < -0.39 is 0 Å². The van der Waals surface area contributed by atoms with Gasteiger partial charge in [-0.05, 0) is 26.2 Å². The molecule has 2 aromatic heterocycles. The van der Waals surface area contributed by atoms with Crippen molar-refractivity contribution in [2.45, 2.75) is 51.2 Å². The van der Waals surface area contributed by atoms with Gasteiger partial charge in [-0.2, -0.15) is 0 Å². The molecule has 3 heterocycles. The molecule has 24 heavy (non-hydrogen) atoms. The van der Waals surface area contributed by atoms with Crippen LogP contribution in [0.5, 0.6) is 0 Å². The van der Waals surface area contributed by atoms with E-state index in [1.54, 1.807) is 11.3 Å². The zero-order chi connectivity index (χ0) is 16.7. The highest BCUT2D eigenvalue weighted by atomic mass is 32.1. The van der Waals surface area contributed by atoms with Gasteiger partial charge in [0.2, 0.25) is 5.91 Å². The minimum absolute atomic E-state index is 0.142. The molecule has 7 heteroatoms. The van der Waals surface area contributed by atoms with Crippen LogP contribution < -0.4 is 5.32 Å². The highest BCUT2D eigenvalue weighted by Gasteiger charge is 2.35. The van der Waals surface area contributed by atoms with Crippen molar-refractivity contribution in [2.24, 2.45) is 7.05 Å². The van der Waals surface area contributed by atoms with Crippen molar-refractivity contribution in [2.75, 3.05) is 6.54 Å². The van der Waals surface area contributed by atoms with Gasteiger partial charge in [0.05, 0.1) is 34.3 Å². The van der Waals surface area contributed by atoms with Crippen LogP contribution in [0.4, 0.5) is 0 Å². The summed E-state index contributed by atoms with van der Waals surface area (Å²) >= 11 is 1.67. The van der Waals surface area contributed by atoms with Gasteiger partial charge in [-0.1, -0.05) is 0 Å². The Morgan fingerprint density at radius 3 is 2.96 bits per heavy atom. The summed E-state index contributed by atoms with van der Waals surface area (Å²) in [5.41, 5.74) is 3.16. The largest absolute Gasteiger partial charge is 0.353 e. The van der Waals surface area contributed by atoms with Gasteiger partial charge in [0.15, 0.2) is 0 Å². The van der Waals surface area contributed by atoms with Crippen molar-refractivity contribution in [3.05, 3.63) is 33.8 Å². The van der Waals surface area contributed by atoms with E-state index >= 15 is 0 Å². The number of hydrogen-bond acceptors (Lipinski definition) is 5. The number of imidazole rings is 1. The van der Waals surface area contributed by atoms with Gasteiger partial charge in [0.25, 0.3) is 0 Å². The molecular weight excluding hydrogens is 322 g/mol. The second-order valence-electron chi connectivity index (χ2n) is 6.90. The topological polar surface area (TPSA) is 63.1 Å². The Morgan fingerprint density at radius 2 is 2.29 bits per heavy atom. The second kappa shape index (κ2) is 6.29. The minimum Gasteiger partial charge on any atom is -0.353 e. The van der Waals surface area contributed by atoms with E-state index in [4.69, 9.17) is 0 Å². The first kappa shape index (κ1) is 15.8. The van der Waals surface area contributed by atoms with E-state index in [2.05, 4.69) is 25.6 Å². The smallest absolute Gasteiger partial charge is 0.230 e. The fourth-order valence-electron chi connectivity index (χ4n) is 3.57. The first-order valence-electron chi connectivity index (χ1n) is 8.54. The van der Waals surface area contributed by atoms with Crippen molar-refractivity contribution < 1.29 is 4.79 Å². The third-order valence-electron chi connectivity index (χ3n) is 5.03. The van der Waals surface area contributed by atoms with Crippen molar-refractivity contribution in [1.29, 1.82) is 0 Å². The maximum atomic E-state index is 12.8. The molecule has 0 saturated heterocycles. The number of nitrogens with zero attached hydrogens (tertiary/aromatic N) is 4. The Bertz CT molecular complexity index is 748. The van der Waals surface area contributed by atoms with Gasteiger partial charge in [0, 0.05) is 38.1 Å². The molecule has 0 spiro atoms. The lowest BCUT2D eigenvalue weighted by molar-refractivity contribution is -0.124. The molecule has 1 unspecified atom stereocenters.